The second kappa shape index (κ2) is 9.56. The van der Waals surface area contributed by atoms with Crippen molar-refractivity contribution in [2.24, 2.45) is 11.8 Å². The van der Waals surface area contributed by atoms with E-state index in [1.54, 1.807) is 25.7 Å². The number of pyridine rings is 2. The number of hydrogen-bond acceptors (Lipinski definition) is 6. The van der Waals surface area contributed by atoms with Gasteiger partial charge >= 0.3 is 18.4 Å². The summed E-state index contributed by atoms with van der Waals surface area (Å²) in [7, 11) is 0. The van der Waals surface area contributed by atoms with Crippen molar-refractivity contribution in [2.45, 2.75) is 63.8 Å². The molecule has 0 aromatic carbocycles. The molecular weight excluding hydrogens is 504 g/mol. The molecule has 3 atom stereocenters. The first-order valence-electron chi connectivity index (χ1n) is 11.7. The van der Waals surface area contributed by atoms with Crippen LogP contribution >= 0.6 is 0 Å². The quantitative estimate of drug-likeness (QED) is 0.364. The predicted octanol–water partition coefficient (Wildman–Crippen LogP) is 6.01. The minimum Gasteiger partial charge on any atom is -0.444 e. The molecule has 1 aliphatic carbocycles. The van der Waals surface area contributed by atoms with Crippen LogP contribution < -0.4 is 10.6 Å². The van der Waals surface area contributed by atoms with E-state index >= 15 is 0 Å². The van der Waals surface area contributed by atoms with Crippen molar-refractivity contribution in [3.63, 3.8) is 0 Å². The molecule has 1 saturated heterocycles. The van der Waals surface area contributed by atoms with Crippen LogP contribution in [0.15, 0.2) is 36.7 Å². The molecule has 202 valence electrons. The van der Waals surface area contributed by atoms with Crippen LogP contribution in [0.25, 0.3) is 0 Å². The van der Waals surface area contributed by atoms with Crippen LogP contribution in [-0.2, 0) is 17.1 Å². The number of ether oxygens (including phenoxy) is 1. The summed E-state index contributed by atoms with van der Waals surface area (Å²) in [6.45, 7) is 5.62. The number of amides is 1. The highest BCUT2D eigenvalue weighted by atomic mass is 19.4. The fourth-order valence-electron chi connectivity index (χ4n) is 4.34. The van der Waals surface area contributed by atoms with Gasteiger partial charge in [0.25, 0.3) is 0 Å². The van der Waals surface area contributed by atoms with Gasteiger partial charge in [-0.3, -0.25) is 0 Å². The Hall–Kier alpha value is -3.25. The molecule has 3 unspecified atom stereocenters. The average molecular weight is 532 g/mol. The number of aromatic nitrogens is 2. The molecule has 0 bridgehead atoms. The Labute approximate surface area is 209 Å². The Morgan fingerprint density at radius 1 is 0.892 bits per heavy atom. The van der Waals surface area contributed by atoms with Crippen LogP contribution in [-0.4, -0.2) is 45.3 Å². The molecule has 2 aromatic heterocycles. The zero-order chi connectivity index (χ0) is 27.2. The number of carbonyl (C=O) groups is 1. The van der Waals surface area contributed by atoms with E-state index < -0.39 is 47.4 Å². The summed E-state index contributed by atoms with van der Waals surface area (Å²) in [4.78, 5) is 22.3. The molecule has 2 aromatic rings. The molecule has 7 nitrogen and oxygen atoms in total. The van der Waals surface area contributed by atoms with Gasteiger partial charge in [0.15, 0.2) is 0 Å². The molecular formula is C24H27F6N5O2. The number of fused-ring (bicyclic) bond motifs is 1. The maximum atomic E-state index is 13.1. The molecule has 0 radical (unpaired) electrons. The highest BCUT2D eigenvalue weighted by Crippen LogP contribution is 2.48. The standard InChI is InChI=1S/C24H27F6N5O2/c1-22(2,3)37-21(36)35-12-14-8-13(14)9-17(35)20(33-18-6-4-15(10-31-18)23(25,26)27)34-19-7-5-16(11-32-19)24(28,29)30/h4-7,10-11,13-14,17,20H,8-9,12H2,1-3H3,(H,31,33)(H,32,34). The molecule has 0 spiro atoms. The molecule has 2 fully saturated rings. The van der Waals surface area contributed by atoms with E-state index in [1.165, 1.54) is 0 Å². The second-order valence-electron chi connectivity index (χ2n) is 10.3. The van der Waals surface area contributed by atoms with E-state index in [4.69, 9.17) is 4.74 Å². The third-order valence-corrected chi connectivity index (χ3v) is 6.25. The second-order valence-corrected chi connectivity index (χ2v) is 10.3. The average Bonchev–Trinajstić information content (AvgIpc) is 3.55. The topological polar surface area (TPSA) is 79.4 Å². The van der Waals surface area contributed by atoms with E-state index in [1.807, 2.05) is 0 Å². The molecule has 1 saturated carbocycles. The SMILES string of the molecule is CC(C)(C)OC(=O)N1CC2CC2CC1C(Nc1ccc(C(F)(F)F)cn1)Nc1ccc(C(F)(F)F)cn1. The highest BCUT2D eigenvalue weighted by Gasteiger charge is 2.50. The van der Waals surface area contributed by atoms with Gasteiger partial charge in [0.05, 0.1) is 17.2 Å². The number of nitrogens with one attached hydrogen (secondary N) is 2. The summed E-state index contributed by atoms with van der Waals surface area (Å²) in [6, 6.07) is 3.49. The van der Waals surface area contributed by atoms with Gasteiger partial charge in [-0.05, 0) is 69.7 Å². The van der Waals surface area contributed by atoms with Gasteiger partial charge in [-0.15, -0.1) is 0 Å². The molecule has 37 heavy (non-hydrogen) atoms. The third-order valence-electron chi connectivity index (χ3n) is 6.25. The largest absolute Gasteiger partial charge is 0.444 e. The van der Waals surface area contributed by atoms with E-state index in [9.17, 15) is 31.1 Å². The van der Waals surface area contributed by atoms with E-state index in [0.717, 1.165) is 30.7 Å². The van der Waals surface area contributed by atoms with Crippen LogP contribution in [0.3, 0.4) is 0 Å². The number of likely N-dealkylation sites (tertiary alicyclic amines) is 1. The van der Waals surface area contributed by atoms with E-state index in [2.05, 4.69) is 20.6 Å². The lowest BCUT2D eigenvalue weighted by Gasteiger charge is -2.41. The van der Waals surface area contributed by atoms with Gasteiger partial charge < -0.3 is 20.3 Å². The van der Waals surface area contributed by atoms with Gasteiger partial charge in [0, 0.05) is 18.9 Å². The van der Waals surface area contributed by atoms with Crippen molar-refractivity contribution in [1.29, 1.82) is 0 Å². The highest BCUT2D eigenvalue weighted by molar-refractivity contribution is 5.69. The Bertz CT molecular complexity index is 1040. The number of piperidine rings is 1. The van der Waals surface area contributed by atoms with Crippen LogP contribution in [0.4, 0.5) is 42.8 Å². The summed E-state index contributed by atoms with van der Waals surface area (Å²) in [5, 5.41) is 6.01. The van der Waals surface area contributed by atoms with Crippen molar-refractivity contribution in [2.75, 3.05) is 17.2 Å². The minimum absolute atomic E-state index is 0.0828. The van der Waals surface area contributed by atoms with Gasteiger partial charge in [0.1, 0.15) is 23.4 Å². The number of nitrogens with zero attached hydrogens (tertiary/aromatic N) is 3. The Kier molecular flexibility index (Phi) is 6.93. The van der Waals surface area contributed by atoms with Gasteiger partial charge in [-0.2, -0.15) is 26.3 Å². The summed E-state index contributed by atoms with van der Waals surface area (Å²) in [5.74, 6) is 0.827. The minimum atomic E-state index is -4.56. The zero-order valence-corrected chi connectivity index (χ0v) is 20.3. The van der Waals surface area contributed by atoms with Crippen LogP contribution in [0, 0.1) is 11.8 Å². The number of carbonyl (C=O) groups excluding carboxylic acids is 1. The molecule has 13 heteroatoms. The van der Waals surface area contributed by atoms with Crippen LogP contribution in [0.1, 0.15) is 44.7 Å². The maximum absolute atomic E-state index is 13.1. The summed E-state index contributed by atoms with van der Waals surface area (Å²) < 4.78 is 83.5. The monoisotopic (exact) mass is 531 g/mol. The van der Waals surface area contributed by atoms with Gasteiger partial charge in [-0.1, -0.05) is 0 Å². The summed E-state index contributed by atoms with van der Waals surface area (Å²) in [5.41, 5.74) is -2.62. The molecule has 1 amide bonds. The normalized spacial score (nSPS) is 21.9. The first-order chi connectivity index (χ1) is 17.1. The Morgan fingerprint density at radius 3 is 1.81 bits per heavy atom. The first kappa shape index (κ1) is 26.8. The van der Waals surface area contributed by atoms with Crippen LogP contribution in [0.2, 0.25) is 0 Å². The maximum Gasteiger partial charge on any atom is 0.417 e. The lowest BCUT2D eigenvalue weighted by atomic mass is 9.99. The molecule has 2 N–H and O–H groups in total. The smallest absolute Gasteiger partial charge is 0.417 e. The number of halogens is 6. The molecule has 2 aliphatic rings. The molecule has 3 heterocycles. The first-order valence-corrected chi connectivity index (χ1v) is 11.7. The molecule has 1 aliphatic heterocycles. The van der Waals surface area contributed by atoms with Crippen molar-refractivity contribution in [1.82, 2.24) is 14.9 Å². The zero-order valence-electron chi connectivity index (χ0n) is 20.3. The summed E-state index contributed by atoms with van der Waals surface area (Å²) in [6.07, 6.45) is -7.70. The number of anilines is 2. The van der Waals surface area contributed by atoms with E-state index in [0.29, 0.717) is 37.2 Å². The third kappa shape index (κ3) is 6.75. The predicted molar refractivity (Wildman–Crippen MR) is 122 cm³/mol. The Balaban J connectivity index is 1.62. The summed E-state index contributed by atoms with van der Waals surface area (Å²) >= 11 is 0. The fourth-order valence-corrected chi connectivity index (χ4v) is 4.34. The number of alkyl halides is 6. The lowest BCUT2D eigenvalue weighted by Crippen LogP contribution is -2.56. The Morgan fingerprint density at radius 2 is 1.41 bits per heavy atom. The number of hydrogen-bond donors (Lipinski definition) is 2. The van der Waals surface area contributed by atoms with Crippen molar-refractivity contribution < 1.29 is 35.9 Å². The lowest BCUT2D eigenvalue weighted by molar-refractivity contribution is -0.138. The van der Waals surface area contributed by atoms with Crippen molar-refractivity contribution in [3.8, 4) is 0 Å². The molecule has 4 rings (SSSR count). The van der Waals surface area contributed by atoms with Gasteiger partial charge in [-0.25, -0.2) is 14.8 Å². The fraction of sp³-hybridized carbons (Fsp3) is 0.542. The number of rotatable bonds is 5. The van der Waals surface area contributed by atoms with Crippen molar-refractivity contribution in [3.05, 3.63) is 47.8 Å². The van der Waals surface area contributed by atoms with Crippen LogP contribution in [0.5, 0.6) is 0 Å². The van der Waals surface area contributed by atoms with Crippen molar-refractivity contribution >= 4 is 17.7 Å². The van der Waals surface area contributed by atoms with E-state index in [-0.39, 0.29) is 11.6 Å². The van der Waals surface area contributed by atoms with Gasteiger partial charge in [0.2, 0.25) is 0 Å².